The molecule has 1 unspecified atom stereocenters. The van der Waals surface area contributed by atoms with Gasteiger partial charge in [0, 0.05) is 25.2 Å². The normalized spacial score (nSPS) is 23.8. The first-order valence-electron chi connectivity index (χ1n) is 6.96. The van der Waals surface area contributed by atoms with Crippen LogP contribution in [0, 0.1) is 0 Å². The Morgan fingerprint density at radius 3 is 2.95 bits per heavy atom. The zero-order valence-electron chi connectivity index (χ0n) is 11.0. The minimum Gasteiger partial charge on any atom is -0.378 e. The number of morpholine rings is 1. The minimum absolute atomic E-state index is 0.0160. The van der Waals surface area contributed by atoms with E-state index in [1.165, 1.54) is 6.42 Å². The number of hydrogen-bond donors (Lipinski definition) is 1. The number of nitrogens with zero attached hydrogens (tertiary/aromatic N) is 3. The Bertz CT molecular complexity index is 476. The van der Waals surface area contributed by atoms with E-state index in [0.717, 1.165) is 45.0 Å². The van der Waals surface area contributed by atoms with E-state index in [1.54, 1.807) is 16.9 Å². The van der Waals surface area contributed by atoms with E-state index in [4.69, 9.17) is 4.74 Å². The van der Waals surface area contributed by atoms with Crippen LogP contribution in [-0.2, 0) is 11.3 Å². The molecule has 1 N–H and O–H groups in total. The second kappa shape index (κ2) is 5.71. The first-order chi connectivity index (χ1) is 9.33. The van der Waals surface area contributed by atoms with Crippen LogP contribution in [0.1, 0.15) is 12.8 Å². The molecule has 104 valence electrons. The van der Waals surface area contributed by atoms with Crippen LogP contribution in [0.4, 0.5) is 5.69 Å². The van der Waals surface area contributed by atoms with Crippen LogP contribution in [0.2, 0.25) is 0 Å². The van der Waals surface area contributed by atoms with Crippen molar-refractivity contribution >= 4 is 5.69 Å². The summed E-state index contributed by atoms with van der Waals surface area (Å²) in [6.45, 7) is 4.81. The standard InChI is InChI=1S/C13H20N4O2/c18-13-8-12(16-4-6-19-7-5-16)9-15-17(13)10-11-2-1-3-14-11/h8-9,11,14H,1-7,10H2. The smallest absolute Gasteiger partial charge is 0.268 e. The summed E-state index contributed by atoms with van der Waals surface area (Å²) >= 11 is 0. The van der Waals surface area contributed by atoms with Gasteiger partial charge in [-0.1, -0.05) is 0 Å². The van der Waals surface area contributed by atoms with Crippen LogP contribution in [0.5, 0.6) is 0 Å². The van der Waals surface area contributed by atoms with Gasteiger partial charge in [-0.15, -0.1) is 0 Å². The Morgan fingerprint density at radius 1 is 1.42 bits per heavy atom. The highest BCUT2D eigenvalue weighted by atomic mass is 16.5. The lowest BCUT2D eigenvalue weighted by Gasteiger charge is -2.28. The molecule has 2 fully saturated rings. The predicted octanol–water partition coefficient (Wildman–Crippen LogP) is -0.168. The molecule has 6 nitrogen and oxygen atoms in total. The third-order valence-electron chi connectivity index (χ3n) is 3.79. The molecule has 0 bridgehead atoms. The number of anilines is 1. The van der Waals surface area contributed by atoms with Gasteiger partial charge in [-0.25, -0.2) is 4.68 Å². The van der Waals surface area contributed by atoms with Crippen LogP contribution in [0.25, 0.3) is 0 Å². The Labute approximate surface area is 112 Å². The van der Waals surface area contributed by atoms with Gasteiger partial charge in [-0.2, -0.15) is 5.10 Å². The molecule has 2 aliphatic rings. The van der Waals surface area contributed by atoms with E-state index >= 15 is 0 Å². The summed E-state index contributed by atoms with van der Waals surface area (Å²) in [5.41, 5.74) is 0.890. The predicted molar refractivity (Wildman–Crippen MR) is 72.6 cm³/mol. The fourth-order valence-corrected chi connectivity index (χ4v) is 2.68. The molecular weight excluding hydrogens is 244 g/mol. The van der Waals surface area contributed by atoms with Crippen molar-refractivity contribution in [2.45, 2.75) is 25.4 Å². The van der Waals surface area contributed by atoms with Gasteiger partial charge in [0.15, 0.2) is 0 Å². The molecule has 19 heavy (non-hydrogen) atoms. The van der Waals surface area contributed by atoms with Crippen molar-refractivity contribution in [3.63, 3.8) is 0 Å². The lowest BCUT2D eigenvalue weighted by molar-refractivity contribution is 0.122. The topological polar surface area (TPSA) is 59.4 Å². The number of nitrogens with one attached hydrogen (secondary N) is 1. The van der Waals surface area contributed by atoms with Crippen molar-refractivity contribution in [1.29, 1.82) is 0 Å². The average Bonchev–Trinajstić information content (AvgIpc) is 2.95. The summed E-state index contributed by atoms with van der Waals surface area (Å²) in [6.07, 6.45) is 4.10. The van der Waals surface area contributed by atoms with Gasteiger partial charge in [-0.3, -0.25) is 4.79 Å². The van der Waals surface area contributed by atoms with Crippen LogP contribution < -0.4 is 15.8 Å². The minimum atomic E-state index is -0.0160. The van der Waals surface area contributed by atoms with Crippen molar-refractivity contribution in [1.82, 2.24) is 15.1 Å². The molecule has 3 rings (SSSR count). The molecule has 2 aliphatic heterocycles. The second-order valence-corrected chi connectivity index (χ2v) is 5.13. The van der Waals surface area contributed by atoms with Gasteiger partial charge in [0.25, 0.3) is 5.56 Å². The molecule has 1 aromatic heterocycles. The van der Waals surface area contributed by atoms with Crippen molar-refractivity contribution in [2.24, 2.45) is 0 Å². The molecule has 1 atom stereocenters. The molecular formula is C13H20N4O2. The number of hydrogen-bond acceptors (Lipinski definition) is 5. The van der Waals surface area contributed by atoms with E-state index < -0.39 is 0 Å². The van der Waals surface area contributed by atoms with E-state index in [-0.39, 0.29) is 5.56 Å². The highest BCUT2D eigenvalue weighted by Gasteiger charge is 2.17. The van der Waals surface area contributed by atoms with Gasteiger partial charge >= 0.3 is 0 Å². The van der Waals surface area contributed by atoms with Crippen LogP contribution >= 0.6 is 0 Å². The van der Waals surface area contributed by atoms with E-state index in [1.807, 2.05) is 0 Å². The van der Waals surface area contributed by atoms with Crippen molar-refractivity contribution in [3.05, 3.63) is 22.6 Å². The summed E-state index contributed by atoms with van der Waals surface area (Å²) in [7, 11) is 0. The largest absolute Gasteiger partial charge is 0.378 e. The average molecular weight is 264 g/mol. The summed E-state index contributed by atoms with van der Waals surface area (Å²) in [5.74, 6) is 0. The first kappa shape index (κ1) is 12.6. The fourth-order valence-electron chi connectivity index (χ4n) is 2.68. The Hall–Kier alpha value is -1.40. The molecule has 0 saturated carbocycles. The zero-order valence-corrected chi connectivity index (χ0v) is 11.0. The zero-order chi connectivity index (χ0) is 13.1. The third-order valence-corrected chi connectivity index (χ3v) is 3.79. The van der Waals surface area contributed by atoms with E-state index in [9.17, 15) is 4.79 Å². The molecule has 0 spiro atoms. The van der Waals surface area contributed by atoms with Crippen LogP contribution in [0.15, 0.2) is 17.1 Å². The van der Waals surface area contributed by atoms with Gasteiger partial charge < -0.3 is 15.0 Å². The third kappa shape index (κ3) is 2.96. The van der Waals surface area contributed by atoms with Gasteiger partial charge in [0.1, 0.15) is 0 Å². The molecule has 2 saturated heterocycles. The van der Waals surface area contributed by atoms with Crippen LogP contribution in [-0.4, -0.2) is 48.7 Å². The maximum Gasteiger partial charge on any atom is 0.268 e. The maximum absolute atomic E-state index is 12.1. The van der Waals surface area contributed by atoms with Crippen molar-refractivity contribution in [2.75, 3.05) is 37.7 Å². The van der Waals surface area contributed by atoms with Gasteiger partial charge in [0.2, 0.25) is 0 Å². The van der Waals surface area contributed by atoms with Crippen LogP contribution in [0.3, 0.4) is 0 Å². The summed E-state index contributed by atoms with van der Waals surface area (Å²) in [5, 5.41) is 7.68. The Kier molecular flexibility index (Phi) is 3.79. The van der Waals surface area contributed by atoms with Gasteiger partial charge in [-0.05, 0) is 19.4 Å². The Morgan fingerprint density at radius 2 is 2.26 bits per heavy atom. The monoisotopic (exact) mass is 264 g/mol. The van der Waals surface area contributed by atoms with E-state index in [2.05, 4.69) is 15.3 Å². The SMILES string of the molecule is O=c1cc(N2CCOCC2)cnn1CC1CCCN1. The van der Waals surface area contributed by atoms with Crippen molar-refractivity contribution in [3.8, 4) is 0 Å². The summed E-state index contributed by atoms with van der Waals surface area (Å²) < 4.78 is 6.87. The molecule has 1 aromatic rings. The maximum atomic E-state index is 12.1. The molecule has 0 radical (unpaired) electrons. The second-order valence-electron chi connectivity index (χ2n) is 5.13. The summed E-state index contributed by atoms with van der Waals surface area (Å²) in [6, 6.07) is 2.08. The number of aromatic nitrogens is 2. The summed E-state index contributed by atoms with van der Waals surface area (Å²) in [4.78, 5) is 14.2. The lowest BCUT2D eigenvalue weighted by Crippen LogP contribution is -2.38. The molecule has 3 heterocycles. The quantitative estimate of drug-likeness (QED) is 0.821. The molecule has 0 aromatic carbocycles. The molecule has 0 aliphatic carbocycles. The van der Waals surface area contributed by atoms with Crippen molar-refractivity contribution < 1.29 is 4.74 Å². The highest BCUT2D eigenvalue weighted by Crippen LogP contribution is 2.12. The fraction of sp³-hybridized carbons (Fsp3) is 0.692. The lowest BCUT2D eigenvalue weighted by atomic mass is 10.2. The number of ether oxygens (including phenoxy) is 1. The van der Waals surface area contributed by atoms with E-state index in [0.29, 0.717) is 12.6 Å². The van der Waals surface area contributed by atoms with Gasteiger partial charge in [0.05, 0.1) is 31.6 Å². The first-order valence-corrected chi connectivity index (χ1v) is 6.96. The highest BCUT2D eigenvalue weighted by molar-refractivity contribution is 5.43. The molecule has 0 amide bonds. The number of rotatable bonds is 3. The Balaban J connectivity index is 1.71. The molecule has 6 heteroatoms.